The summed E-state index contributed by atoms with van der Waals surface area (Å²) in [5.74, 6) is 1.30. The fraction of sp³-hybridized carbons (Fsp3) is 0.156. The monoisotopic (exact) mass is 508 g/mol. The number of halogens is 2. The number of nitrogens with zero attached hydrogens (tertiary/aromatic N) is 1. The van der Waals surface area contributed by atoms with Gasteiger partial charge < -0.3 is 10.1 Å². The molecule has 184 valence electrons. The lowest BCUT2D eigenvalue weighted by Gasteiger charge is -2.37. The van der Waals surface area contributed by atoms with Crippen LogP contribution in [0.4, 0.5) is 15.8 Å². The summed E-state index contributed by atoms with van der Waals surface area (Å²) in [5, 5.41) is 4.28. The molecule has 0 aromatic heterocycles. The van der Waals surface area contributed by atoms with Crippen LogP contribution in [-0.4, -0.2) is 6.21 Å². The molecular weight excluding hydrogens is 483 g/mol. The van der Waals surface area contributed by atoms with Crippen LogP contribution in [0.5, 0.6) is 5.75 Å². The minimum Gasteiger partial charge on any atom is -0.487 e. The zero-order chi connectivity index (χ0) is 25.2. The van der Waals surface area contributed by atoms with Crippen LogP contribution in [0.15, 0.2) is 108 Å². The molecule has 0 fully saturated rings. The van der Waals surface area contributed by atoms with Crippen molar-refractivity contribution in [3.05, 3.63) is 136 Å². The Morgan fingerprint density at radius 2 is 1.78 bits per heavy atom. The van der Waals surface area contributed by atoms with Crippen LogP contribution in [0.3, 0.4) is 0 Å². The first-order valence-corrected chi connectivity index (χ1v) is 12.8. The van der Waals surface area contributed by atoms with E-state index in [9.17, 15) is 4.39 Å². The van der Waals surface area contributed by atoms with E-state index in [0.29, 0.717) is 29.2 Å². The Hall–Kier alpha value is -3.89. The molecule has 5 heteroatoms. The van der Waals surface area contributed by atoms with Gasteiger partial charge in [-0.25, -0.2) is 4.39 Å². The number of para-hydroxylation sites is 1. The molecule has 1 N–H and O–H groups in total. The highest BCUT2D eigenvalue weighted by Gasteiger charge is 2.37. The summed E-state index contributed by atoms with van der Waals surface area (Å²) in [6.45, 7) is 0.318. The molecule has 6 rings (SSSR count). The standard InChI is InChI=1S/C32H26ClFN2O/c33-29-18-22(10-17-31(29)37-20-21-8-13-24(34)14-9-21)19-35-25-15-11-23(12-16-25)32-28-6-3-5-26(28)27-4-1-2-7-30(27)36-32/h1-5,7-19,26,28,32,36H,6,20H2/t26-,28-,32-/m0/s1. The van der Waals surface area contributed by atoms with Gasteiger partial charge in [-0.15, -0.1) is 0 Å². The molecule has 4 aromatic carbocycles. The molecule has 0 bridgehead atoms. The van der Waals surface area contributed by atoms with E-state index in [1.807, 2.05) is 18.2 Å². The average molecular weight is 509 g/mol. The Kier molecular flexibility index (Phi) is 6.50. The largest absolute Gasteiger partial charge is 0.487 e. The lowest BCUT2D eigenvalue weighted by atomic mass is 9.77. The third-order valence-corrected chi connectivity index (χ3v) is 7.45. The summed E-state index contributed by atoms with van der Waals surface area (Å²) >= 11 is 6.43. The zero-order valence-electron chi connectivity index (χ0n) is 20.1. The summed E-state index contributed by atoms with van der Waals surface area (Å²) in [4.78, 5) is 4.65. The minimum absolute atomic E-state index is 0.267. The van der Waals surface area contributed by atoms with Crippen molar-refractivity contribution >= 4 is 29.2 Å². The maximum absolute atomic E-state index is 13.1. The quantitative estimate of drug-likeness (QED) is 0.209. The van der Waals surface area contributed by atoms with E-state index in [2.05, 4.69) is 71.0 Å². The lowest BCUT2D eigenvalue weighted by molar-refractivity contribution is 0.306. The normalized spacial score (nSPS) is 19.9. The van der Waals surface area contributed by atoms with Crippen molar-refractivity contribution in [2.45, 2.75) is 25.0 Å². The second kappa shape index (κ2) is 10.2. The van der Waals surface area contributed by atoms with E-state index >= 15 is 0 Å². The van der Waals surface area contributed by atoms with Crippen LogP contribution in [0.1, 0.15) is 40.6 Å². The van der Waals surface area contributed by atoms with Crippen molar-refractivity contribution < 1.29 is 9.13 Å². The average Bonchev–Trinajstić information content (AvgIpc) is 3.43. The molecule has 0 saturated carbocycles. The Labute approximate surface area is 221 Å². The fourth-order valence-electron chi connectivity index (χ4n) is 5.25. The van der Waals surface area contributed by atoms with Gasteiger partial charge in [0.15, 0.2) is 0 Å². The molecule has 4 aromatic rings. The number of allylic oxidation sites excluding steroid dienone is 2. The number of anilines is 1. The maximum atomic E-state index is 13.1. The van der Waals surface area contributed by atoms with E-state index < -0.39 is 0 Å². The van der Waals surface area contributed by atoms with Gasteiger partial charge >= 0.3 is 0 Å². The van der Waals surface area contributed by atoms with Gasteiger partial charge in [-0.05, 0) is 83.1 Å². The minimum atomic E-state index is -0.267. The highest BCUT2D eigenvalue weighted by molar-refractivity contribution is 6.32. The van der Waals surface area contributed by atoms with Crippen molar-refractivity contribution in [3.63, 3.8) is 0 Å². The SMILES string of the molecule is Fc1ccc(COc2ccc(C=Nc3ccc([C@@H]4Nc5ccccc5[C@@H]5C=CC[C@@H]54)cc3)cc2Cl)cc1. The number of fused-ring (bicyclic) bond motifs is 3. The molecule has 1 heterocycles. The van der Waals surface area contributed by atoms with Gasteiger partial charge in [-0.1, -0.05) is 66.2 Å². The molecule has 1 aliphatic carbocycles. The molecule has 0 radical (unpaired) electrons. The lowest BCUT2D eigenvalue weighted by Crippen LogP contribution is -2.28. The van der Waals surface area contributed by atoms with Gasteiger partial charge in [-0.2, -0.15) is 0 Å². The van der Waals surface area contributed by atoms with Gasteiger partial charge in [-0.3, -0.25) is 4.99 Å². The van der Waals surface area contributed by atoms with Crippen LogP contribution in [0.2, 0.25) is 5.02 Å². The van der Waals surface area contributed by atoms with E-state index in [4.69, 9.17) is 16.3 Å². The highest BCUT2D eigenvalue weighted by Crippen LogP contribution is 2.49. The molecular formula is C32H26ClFN2O. The Morgan fingerprint density at radius 3 is 2.59 bits per heavy atom. The van der Waals surface area contributed by atoms with Crippen molar-refractivity contribution in [2.24, 2.45) is 10.9 Å². The second-order valence-corrected chi connectivity index (χ2v) is 9.92. The topological polar surface area (TPSA) is 33.6 Å². The molecule has 0 saturated heterocycles. The summed E-state index contributed by atoms with van der Waals surface area (Å²) in [5.41, 5.74) is 6.54. The first-order valence-electron chi connectivity index (χ1n) is 12.5. The third kappa shape index (κ3) is 5.03. The molecule has 3 atom stereocenters. The molecule has 37 heavy (non-hydrogen) atoms. The van der Waals surface area contributed by atoms with Crippen LogP contribution < -0.4 is 10.1 Å². The molecule has 0 unspecified atom stereocenters. The fourth-order valence-corrected chi connectivity index (χ4v) is 5.49. The van der Waals surface area contributed by atoms with Gasteiger partial charge in [0, 0.05) is 17.8 Å². The predicted octanol–water partition coefficient (Wildman–Crippen LogP) is 8.64. The molecule has 3 nitrogen and oxygen atoms in total. The first kappa shape index (κ1) is 23.5. The van der Waals surface area contributed by atoms with Crippen LogP contribution in [-0.2, 0) is 6.61 Å². The first-order chi connectivity index (χ1) is 18.1. The number of hydrogen-bond donors (Lipinski definition) is 1. The number of aliphatic imine (C=N–C) groups is 1. The Bertz CT molecular complexity index is 1460. The van der Waals surface area contributed by atoms with Gasteiger partial charge in [0.05, 0.1) is 16.8 Å². The van der Waals surface area contributed by atoms with Crippen LogP contribution in [0, 0.1) is 11.7 Å². The van der Waals surface area contributed by atoms with Crippen molar-refractivity contribution in [1.29, 1.82) is 0 Å². The van der Waals surface area contributed by atoms with E-state index in [1.54, 1.807) is 18.3 Å². The predicted molar refractivity (Wildman–Crippen MR) is 149 cm³/mol. The molecule has 2 aliphatic rings. The summed E-state index contributed by atoms with van der Waals surface area (Å²) in [6.07, 6.45) is 7.56. The van der Waals surface area contributed by atoms with E-state index in [1.165, 1.54) is 28.9 Å². The number of benzene rings is 4. The molecule has 0 amide bonds. The number of rotatable bonds is 6. The van der Waals surface area contributed by atoms with Gasteiger partial charge in [0.1, 0.15) is 18.2 Å². The highest BCUT2D eigenvalue weighted by atomic mass is 35.5. The molecule has 0 spiro atoms. The van der Waals surface area contributed by atoms with Crippen LogP contribution >= 0.6 is 11.6 Å². The third-order valence-electron chi connectivity index (χ3n) is 7.15. The van der Waals surface area contributed by atoms with Gasteiger partial charge in [0.2, 0.25) is 0 Å². The van der Waals surface area contributed by atoms with Crippen molar-refractivity contribution in [2.75, 3.05) is 5.32 Å². The van der Waals surface area contributed by atoms with E-state index in [-0.39, 0.29) is 11.9 Å². The number of nitrogens with one attached hydrogen (secondary N) is 1. The second-order valence-electron chi connectivity index (χ2n) is 9.52. The number of ether oxygens (including phenoxy) is 1. The number of hydrogen-bond acceptors (Lipinski definition) is 3. The van der Waals surface area contributed by atoms with Gasteiger partial charge in [0.25, 0.3) is 0 Å². The van der Waals surface area contributed by atoms with Crippen molar-refractivity contribution in [1.82, 2.24) is 0 Å². The van der Waals surface area contributed by atoms with Crippen LogP contribution in [0.25, 0.3) is 0 Å². The summed E-state index contributed by atoms with van der Waals surface area (Å²) in [7, 11) is 0. The summed E-state index contributed by atoms with van der Waals surface area (Å²) in [6, 6.07) is 29.2. The van der Waals surface area contributed by atoms with Crippen molar-refractivity contribution in [3.8, 4) is 5.75 Å². The smallest absolute Gasteiger partial charge is 0.138 e. The zero-order valence-corrected chi connectivity index (χ0v) is 20.9. The van der Waals surface area contributed by atoms with E-state index in [0.717, 1.165) is 23.2 Å². The Balaban J connectivity index is 1.12. The Morgan fingerprint density at radius 1 is 0.973 bits per heavy atom. The molecule has 1 aliphatic heterocycles. The summed E-state index contributed by atoms with van der Waals surface area (Å²) < 4.78 is 18.9. The maximum Gasteiger partial charge on any atom is 0.138 e.